The van der Waals surface area contributed by atoms with E-state index in [-0.39, 0.29) is 18.0 Å². The highest BCUT2D eigenvalue weighted by Crippen LogP contribution is 2.26. The van der Waals surface area contributed by atoms with E-state index in [4.69, 9.17) is 5.11 Å². The number of carbonyl (C=O) groups excluding carboxylic acids is 1. The van der Waals surface area contributed by atoms with Crippen molar-refractivity contribution >= 4 is 17.7 Å². The van der Waals surface area contributed by atoms with Crippen molar-refractivity contribution in [1.29, 1.82) is 0 Å². The van der Waals surface area contributed by atoms with E-state index in [9.17, 15) is 9.59 Å². The van der Waals surface area contributed by atoms with Gasteiger partial charge in [-0.25, -0.2) is 4.79 Å². The van der Waals surface area contributed by atoms with E-state index >= 15 is 0 Å². The average Bonchev–Trinajstić information content (AvgIpc) is 2.63. The maximum Gasteiger partial charge on any atom is 0.319 e. The van der Waals surface area contributed by atoms with Crippen molar-refractivity contribution in [2.45, 2.75) is 38.6 Å². The first kappa shape index (κ1) is 17.9. The summed E-state index contributed by atoms with van der Waals surface area (Å²) in [5, 5.41) is 14.8. The summed E-state index contributed by atoms with van der Waals surface area (Å²) in [5.41, 5.74) is 3.99. The number of pyridine rings is 1. The second kappa shape index (κ2) is 7.99. The minimum Gasteiger partial charge on any atom is -0.481 e. The Hall–Kier alpha value is -2.89. The molecule has 0 aliphatic heterocycles. The molecule has 1 aromatic heterocycles. The number of nitrogens with zero attached hydrogens (tertiary/aromatic N) is 1. The first-order chi connectivity index (χ1) is 12.5. The molecule has 6 heteroatoms. The summed E-state index contributed by atoms with van der Waals surface area (Å²) in [4.78, 5) is 27.2. The van der Waals surface area contributed by atoms with Crippen LogP contribution in [0.5, 0.6) is 0 Å². The zero-order valence-electron chi connectivity index (χ0n) is 14.7. The molecular weight excluding hydrogens is 330 g/mol. The zero-order chi connectivity index (χ0) is 18.5. The molecule has 0 unspecified atom stereocenters. The number of carboxylic acid groups (broad SMARTS) is 1. The van der Waals surface area contributed by atoms with Gasteiger partial charge in [-0.05, 0) is 73.6 Å². The first-order valence-corrected chi connectivity index (χ1v) is 8.84. The van der Waals surface area contributed by atoms with Crippen LogP contribution in [-0.2, 0) is 4.79 Å². The van der Waals surface area contributed by atoms with Crippen LogP contribution in [0.25, 0.3) is 11.1 Å². The van der Waals surface area contributed by atoms with Gasteiger partial charge in [0.25, 0.3) is 0 Å². The summed E-state index contributed by atoms with van der Waals surface area (Å²) in [6.45, 7) is 2.01. The van der Waals surface area contributed by atoms with Crippen LogP contribution in [0.1, 0.15) is 31.2 Å². The van der Waals surface area contributed by atoms with Gasteiger partial charge in [-0.3, -0.25) is 9.78 Å². The topological polar surface area (TPSA) is 91.3 Å². The number of aliphatic carboxylic acids is 1. The molecule has 2 aromatic rings. The summed E-state index contributed by atoms with van der Waals surface area (Å²) < 4.78 is 0. The number of benzene rings is 1. The van der Waals surface area contributed by atoms with Gasteiger partial charge in [0.1, 0.15) is 0 Å². The Morgan fingerprint density at radius 1 is 1.08 bits per heavy atom. The number of aromatic nitrogens is 1. The third kappa shape index (κ3) is 4.39. The summed E-state index contributed by atoms with van der Waals surface area (Å²) in [5.74, 6) is -1.02. The van der Waals surface area contributed by atoms with Crippen molar-refractivity contribution in [2.75, 3.05) is 5.32 Å². The van der Waals surface area contributed by atoms with E-state index < -0.39 is 5.97 Å². The van der Waals surface area contributed by atoms with Crippen LogP contribution in [0.4, 0.5) is 10.5 Å². The number of hydrogen-bond donors (Lipinski definition) is 3. The zero-order valence-corrected chi connectivity index (χ0v) is 14.7. The highest BCUT2D eigenvalue weighted by atomic mass is 16.4. The molecule has 6 nitrogen and oxygen atoms in total. The number of rotatable bonds is 4. The van der Waals surface area contributed by atoms with Gasteiger partial charge in [0.15, 0.2) is 0 Å². The maximum absolute atomic E-state index is 12.2. The normalized spacial score (nSPS) is 19.6. The summed E-state index contributed by atoms with van der Waals surface area (Å²) in [7, 11) is 0. The summed E-state index contributed by atoms with van der Waals surface area (Å²) >= 11 is 0. The number of urea groups is 1. The van der Waals surface area contributed by atoms with E-state index in [1.165, 1.54) is 0 Å². The number of anilines is 1. The SMILES string of the molecule is Cc1cc(NC(=O)NC2CCC(C(=O)O)CC2)ccc1-c1ccncc1. The molecule has 1 heterocycles. The standard InChI is InChI=1S/C20H23N3O3/c1-13-12-17(6-7-18(13)14-8-10-21-11-9-14)23-20(26)22-16-4-2-15(3-5-16)19(24)25/h6-12,15-16H,2-5H2,1H3,(H,24,25)(H2,22,23,26). The number of carbonyl (C=O) groups is 2. The number of carboxylic acids is 1. The molecule has 136 valence electrons. The Bertz CT molecular complexity index is 784. The molecule has 0 atom stereocenters. The molecule has 3 N–H and O–H groups in total. The lowest BCUT2D eigenvalue weighted by atomic mass is 9.86. The van der Waals surface area contributed by atoms with Crippen molar-refractivity contribution < 1.29 is 14.7 Å². The molecule has 3 rings (SSSR count). The number of hydrogen-bond acceptors (Lipinski definition) is 3. The van der Waals surface area contributed by atoms with Gasteiger partial charge in [-0.1, -0.05) is 6.07 Å². The lowest BCUT2D eigenvalue weighted by Crippen LogP contribution is -2.40. The van der Waals surface area contributed by atoms with E-state index in [0.29, 0.717) is 25.7 Å². The largest absolute Gasteiger partial charge is 0.481 e. The predicted octanol–water partition coefficient (Wildman–Crippen LogP) is 3.82. The molecule has 0 spiro atoms. The van der Waals surface area contributed by atoms with Gasteiger partial charge in [0.2, 0.25) is 0 Å². The fourth-order valence-electron chi connectivity index (χ4n) is 3.43. The van der Waals surface area contributed by atoms with Crippen LogP contribution in [0.2, 0.25) is 0 Å². The monoisotopic (exact) mass is 353 g/mol. The van der Waals surface area contributed by atoms with Crippen LogP contribution >= 0.6 is 0 Å². The molecular formula is C20H23N3O3. The Balaban J connectivity index is 1.57. The highest BCUT2D eigenvalue weighted by molar-refractivity contribution is 5.90. The van der Waals surface area contributed by atoms with Gasteiger partial charge in [-0.2, -0.15) is 0 Å². The smallest absolute Gasteiger partial charge is 0.319 e. The number of amides is 2. The van der Waals surface area contributed by atoms with Gasteiger partial charge < -0.3 is 15.7 Å². The molecule has 2 amide bonds. The van der Waals surface area contributed by atoms with Gasteiger partial charge in [-0.15, -0.1) is 0 Å². The minimum atomic E-state index is -0.738. The average molecular weight is 353 g/mol. The van der Waals surface area contributed by atoms with Crippen LogP contribution in [0, 0.1) is 12.8 Å². The van der Waals surface area contributed by atoms with Crippen LogP contribution in [0.15, 0.2) is 42.7 Å². The van der Waals surface area contributed by atoms with Crippen LogP contribution < -0.4 is 10.6 Å². The second-order valence-electron chi connectivity index (χ2n) is 6.75. The Morgan fingerprint density at radius 3 is 2.38 bits per heavy atom. The Morgan fingerprint density at radius 2 is 1.77 bits per heavy atom. The van der Waals surface area contributed by atoms with E-state index in [0.717, 1.165) is 22.4 Å². The van der Waals surface area contributed by atoms with E-state index in [1.807, 2.05) is 37.3 Å². The number of nitrogens with one attached hydrogen (secondary N) is 2. The van der Waals surface area contributed by atoms with Crippen LogP contribution in [-0.4, -0.2) is 28.1 Å². The van der Waals surface area contributed by atoms with Gasteiger partial charge in [0, 0.05) is 24.1 Å². The summed E-state index contributed by atoms with van der Waals surface area (Å²) in [6, 6.07) is 9.49. The molecule has 1 aromatic carbocycles. The molecule has 26 heavy (non-hydrogen) atoms. The van der Waals surface area contributed by atoms with Gasteiger partial charge in [0.05, 0.1) is 5.92 Å². The first-order valence-electron chi connectivity index (χ1n) is 8.84. The minimum absolute atomic E-state index is 0.0304. The fourth-order valence-corrected chi connectivity index (χ4v) is 3.43. The molecule has 0 radical (unpaired) electrons. The highest BCUT2D eigenvalue weighted by Gasteiger charge is 2.26. The fraction of sp³-hybridized carbons (Fsp3) is 0.350. The van der Waals surface area contributed by atoms with Crippen molar-refractivity contribution in [2.24, 2.45) is 5.92 Å². The molecule has 0 bridgehead atoms. The van der Waals surface area contributed by atoms with Crippen LogP contribution in [0.3, 0.4) is 0 Å². The lowest BCUT2D eigenvalue weighted by Gasteiger charge is -2.26. The Kier molecular flexibility index (Phi) is 5.51. The van der Waals surface area contributed by atoms with Crippen molar-refractivity contribution in [1.82, 2.24) is 10.3 Å². The lowest BCUT2D eigenvalue weighted by molar-refractivity contribution is -0.142. The third-order valence-electron chi connectivity index (χ3n) is 4.89. The quantitative estimate of drug-likeness (QED) is 0.779. The second-order valence-corrected chi connectivity index (χ2v) is 6.75. The molecule has 1 saturated carbocycles. The molecule has 0 saturated heterocycles. The molecule has 1 fully saturated rings. The maximum atomic E-state index is 12.2. The third-order valence-corrected chi connectivity index (χ3v) is 4.89. The van der Waals surface area contributed by atoms with Crippen molar-refractivity contribution in [3.63, 3.8) is 0 Å². The van der Waals surface area contributed by atoms with Gasteiger partial charge >= 0.3 is 12.0 Å². The molecule has 1 aliphatic rings. The Labute approximate surface area is 152 Å². The predicted molar refractivity (Wildman–Crippen MR) is 99.9 cm³/mol. The van der Waals surface area contributed by atoms with Crippen molar-refractivity contribution in [3.8, 4) is 11.1 Å². The van der Waals surface area contributed by atoms with E-state index in [2.05, 4.69) is 15.6 Å². The molecule has 1 aliphatic carbocycles. The van der Waals surface area contributed by atoms with Crippen molar-refractivity contribution in [3.05, 3.63) is 48.3 Å². The van der Waals surface area contributed by atoms with E-state index in [1.54, 1.807) is 12.4 Å². The summed E-state index contributed by atoms with van der Waals surface area (Å²) in [6.07, 6.45) is 6.13. The number of aryl methyl sites for hydroxylation is 1.